The second-order valence-electron chi connectivity index (χ2n) is 7.20. The summed E-state index contributed by atoms with van der Waals surface area (Å²) in [5.74, 6) is -0.511. The molecule has 8 heteroatoms. The van der Waals surface area contributed by atoms with Gasteiger partial charge < -0.3 is 9.73 Å². The van der Waals surface area contributed by atoms with Crippen molar-refractivity contribution in [3.63, 3.8) is 0 Å². The number of nitrogens with one attached hydrogen (secondary N) is 1. The van der Waals surface area contributed by atoms with Gasteiger partial charge in [0.1, 0.15) is 5.58 Å². The molecular formula is C23H19BrN2O4S. The molecule has 1 aromatic heterocycles. The number of carbonyl (C=O) groups is 3. The van der Waals surface area contributed by atoms with Gasteiger partial charge in [0.2, 0.25) is 0 Å². The largest absolute Gasteiger partial charge is 0.451 e. The van der Waals surface area contributed by atoms with Crippen molar-refractivity contribution in [2.75, 3.05) is 13.1 Å². The summed E-state index contributed by atoms with van der Waals surface area (Å²) in [6.07, 6.45) is 1.71. The SMILES string of the molecule is Cc1ccc(C=C2SC(=O)N(CCNC(=O)c3oc4ccc(Br)cc4c3C)C2=O)cc1. The minimum Gasteiger partial charge on any atom is -0.451 e. The second-order valence-corrected chi connectivity index (χ2v) is 9.11. The molecule has 2 aromatic carbocycles. The Morgan fingerprint density at radius 3 is 2.65 bits per heavy atom. The fourth-order valence-electron chi connectivity index (χ4n) is 3.28. The number of carbonyl (C=O) groups excluding carboxylic acids is 3. The maximum atomic E-state index is 12.6. The predicted octanol–water partition coefficient (Wildman–Crippen LogP) is 5.28. The number of halogens is 1. The molecule has 158 valence electrons. The van der Waals surface area contributed by atoms with Crippen molar-refractivity contribution >= 4 is 61.8 Å². The lowest BCUT2D eigenvalue weighted by Crippen LogP contribution is -2.37. The van der Waals surface area contributed by atoms with Gasteiger partial charge in [0, 0.05) is 28.5 Å². The van der Waals surface area contributed by atoms with E-state index in [1.165, 1.54) is 0 Å². The van der Waals surface area contributed by atoms with Crippen LogP contribution in [0.5, 0.6) is 0 Å². The van der Waals surface area contributed by atoms with Gasteiger partial charge in [-0.2, -0.15) is 0 Å². The lowest BCUT2D eigenvalue weighted by Gasteiger charge is -2.12. The van der Waals surface area contributed by atoms with Crippen LogP contribution < -0.4 is 5.32 Å². The molecule has 0 spiro atoms. The highest BCUT2D eigenvalue weighted by Gasteiger charge is 2.34. The Bertz CT molecular complexity index is 1230. The highest BCUT2D eigenvalue weighted by molar-refractivity contribution is 9.10. The van der Waals surface area contributed by atoms with Gasteiger partial charge in [-0.05, 0) is 55.4 Å². The highest BCUT2D eigenvalue weighted by atomic mass is 79.9. The topological polar surface area (TPSA) is 79.6 Å². The molecule has 1 N–H and O–H groups in total. The third kappa shape index (κ3) is 4.45. The molecule has 0 saturated carbocycles. The summed E-state index contributed by atoms with van der Waals surface area (Å²) in [6.45, 7) is 4.03. The Balaban J connectivity index is 1.40. The number of rotatable bonds is 5. The average molecular weight is 499 g/mol. The third-order valence-corrected chi connectivity index (χ3v) is 6.37. The van der Waals surface area contributed by atoms with Crippen LogP contribution in [0.25, 0.3) is 17.0 Å². The van der Waals surface area contributed by atoms with Crippen LogP contribution in [0.3, 0.4) is 0 Å². The fourth-order valence-corrected chi connectivity index (χ4v) is 4.50. The maximum absolute atomic E-state index is 12.6. The van der Waals surface area contributed by atoms with E-state index >= 15 is 0 Å². The molecule has 0 bridgehead atoms. The lowest BCUT2D eigenvalue weighted by atomic mass is 10.1. The van der Waals surface area contributed by atoms with E-state index in [2.05, 4.69) is 21.2 Å². The molecule has 2 heterocycles. The average Bonchev–Trinajstić information content (AvgIpc) is 3.20. The van der Waals surface area contributed by atoms with Crippen LogP contribution in [0.4, 0.5) is 4.79 Å². The number of fused-ring (bicyclic) bond motifs is 1. The van der Waals surface area contributed by atoms with Crippen molar-refractivity contribution in [1.29, 1.82) is 0 Å². The van der Waals surface area contributed by atoms with Crippen LogP contribution in [0.2, 0.25) is 0 Å². The van der Waals surface area contributed by atoms with E-state index in [0.717, 1.165) is 43.2 Å². The van der Waals surface area contributed by atoms with E-state index in [1.807, 2.05) is 50.2 Å². The zero-order valence-electron chi connectivity index (χ0n) is 16.9. The number of thioether (sulfide) groups is 1. The van der Waals surface area contributed by atoms with Gasteiger partial charge >= 0.3 is 0 Å². The van der Waals surface area contributed by atoms with Gasteiger partial charge in [0.25, 0.3) is 17.1 Å². The van der Waals surface area contributed by atoms with Crippen molar-refractivity contribution in [1.82, 2.24) is 10.2 Å². The van der Waals surface area contributed by atoms with Crippen molar-refractivity contribution in [2.24, 2.45) is 0 Å². The summed E-state index contributed by atoms with van der Waals surface area (Å²) in [7, 11) is 0. The molecule has 0 unspecified atom stereocenters. The Morgan fingerprint density at radius 2 is 1.90 bits per heavy atom. The predicted molar refractivity (Wildman–Crippen MR) is 125 cm³/mol. The van der Waals surface area contributed by atoms with Crippen molar-refractivity contribution in [3.8, 4) is 0 Å². The molecule has 1 aliphatic heterocycles. The Kier molecular flexibility index (Phi) is 6.02. The number of amides is 3. The van der Waals surface area contributed by atoms with Crippen LogP contribution in [-0.2, 0) is 4.79 Å². The quantitative estimate of drug-likeness (QED) is 0.484. The van der Waals surface area contributed by atoms with Crippen LogP contribution in [-0.4, -0.2) is 35.0 Å². The minimum atomic E-state index is -0.382. The third-order valence-electron chi connectivity index (χ3n) is 4.97. The maximum Gasteiger partial charge on any atom is 0.293 e. The number of hydrogen-bond donors (Lipinski definition) is 1. The molecule has 3 amide bonds. The zero-order valence-corrected chi connectivity index (χ0v) is 19.3. The summed E-state index contributed by atoms with van der Waals surface area (Å²) < 4.78 is 6.58. The van der Waals surface area contributed by atoms with E-state index in [4.69, 9.17) is 4.42 Å². The van der Waals surface area contributed by atoms with Gasteiger partial charge in [-0.15, -0.1) is 0 Å². The van der Waals surface area contributed by atoms with Gasteiger partial charge in [-0.1, -0.05) is 45.8 Å². The molecular weight excluding hydrogens is 480 g/mol. The molecule has 31 heavy (non-hydrogen) atoms. The molecule has 1 saturated heterocycles. The molecule has 6 nitrogen and oxygen atoms in total. The van der Waals surface area contributed by atoms with Crippen molar-refractivity contribution in [2.45, 2.75) is 13.8 Å². The summed E-state index contributed by atoms with van der Waals surface area (Å²) in [4.78, 5) is 39.0. The van der Waals surface area contributed by atoms with E-state index < -0.39 is 0 Å². The lowest BCUT2D eigenvalue weighted by molar-refractivity contribution is -0.122. The van der Waals surface area contributed by atoms with Crippen LogP contribution in [0.1, 0.15) is 27.2 Å². The minimum absolute atomic E-state index is 0.0898. The van der Waals surface area contributed by atoms with E-state index in [0.29, 0.717) is 10.5 Å². The summed E-state index contributed by atoms with van der Waals surface area (Å²) in [5.41, 5.74) is 3.34. The number of aryl methyl sites for hydroxylation is 2. The number of benzene rings is 2. The van der Waals surface area contributed by atoms with Crippen LogP contribution in [0.15, 0.2) is 56.3 Å². The molecule has 1 aliphatic rings. The first-order valence-electron chi connectivity index (χ1n) is 9.62. The first-order valence-corrected chi connectivity index (χ1v) is 11.2. The summed E-state index contributed by atoms with van der Waals surface area (Å²) in [5, 5.41) is 3.24. The first kappa shape index (κ1) is 21.4. The molecule has 3 aromatic rings. The van der Waals surface area contributed by atoms with E-state index in [9.17, 15) is 14.4 Å². The normalized spacial score (nSPS) is 15.3. The monoisotopic (exact) mass is 498 g/mol. The zero-order chi connectivity index (χ0) is 22.1. The smallest absolute Gasteiger partial charge is 0.293 e. The summed E-state index contributed by atoms with van der Waals surface area (Å²) in [6, 6.07) is 13.2. The molecule has 1 fully saturated rings. The Morgan fingerprint density at radius 1 is 1.16 bits per heavy atom. The van der Waals surface area contributed by atoms with Gasteiger partial charge in [-0.25, -0.2) is 0 Å². The van der Waals surface area contributed by atoms with Crippen molar-refractivity contribution < 1.29 is 18.8 Å². The Hall–Kier alpha value is -2.84. The second kappa shape index (κ2) is 8.72. The number of imide groups is 1. The van der Waals surface area contributed by atoms with E-state index in [1.54, 1.807) is 12.1 Å². The molecule has 0 atom stereocenters. The van der Waals surface area contributed by atoms with Gasteiger partial charge in [0.05, 0.1) is 4.91 Å². The molecule has 4 rings (SSSR count). The molecule has 0 aliphatic carbocycles. The fraction of sp³-hybridized carbons (Fsp3) is 0.174. The number of furan rings is 1. The highest BCUT2D eigenvalue weighted by Crippen LogP contribution is 2.32. The first-order chi connectivity index (χ1) is 14.8. The van der Waals surface area contributed by atoms with Gasteiger partial charge in [-0.3, -0.25) is 19.3 Å². The van der Waals surface area contributed by atoms with Crippen molar-refractivity contribution in [3.05, 3.63) is 74.3 Å². The molecule has 0 radical (unpaired) electrons. The standard InChI is InChI=1S/C23H19BrN2O4S/c1-13-3-5-15(6-4-13)11-19-22(28)26(23(29)31-19)10-9-25-21(27)20-14(2)17-12-16(24)7-8-18(17)30-20/h3-8,11-12H,9-10H2,1-2H3,(H,25,27). The van der Waals surface area contributed by atoms with E-state index in [-0.39, 0.29) is 35.9 Å². The number of hydrogen-bond acceptors (Lipinski definition) is 5. The number of nitrogens with zero attached hydrogens (tertiary/aromatic N) is 1. The Labute approximate surface area is 191 Å². The van der Waals surface area contributed by atoms with Crippen LogP contribution >= 0.6 is 27.7 Å². The van der Waals surface area contributed by atoms with Crippen LogP contribution in [0, 0.1) is 13.8 Å². The summed E-state index contributed by atoms with van der Waals surface area (Å²) >= 11 is 4.32. The van der Waals surface area contributed by atoms with Gasteiger partial charge in [0.15, 0.2) is 5.76 Å².